The van der Waals surface area contributed by atoms with E-state index in [1.54, 1.807) is 0 Å². The standard InChI is InChI=1S/C11H20N2O/c1-11(8-14-9-11)7-13-10-5-3-2-4-6-12-10/h2-9H2,1H3,(H,12,13). The summed E-state index contributed by atoms with van der Waals surface area (Å²) in [5.41, 5.74) is 0.356. The predicted octanol–water partition coefficient (Wildman–Crippen LogP) is 1.58. The lowest BCUT2D eigenvalue weighted by atomic mass is 9.89. The third kappa shape index (κ3) is 2.47. The zero-order valence-corrected chi connectivity index (χ0v) is 9.01. The highest BCUT2D eigenvalue weighted by atomic mass is 16.5. The van der Waals surface area contributed by atoms with Crippen LogP contribution in [0.3, 0.4) is 0 Å². The minimum absolute atomic E-state index is 0.356. The molecule has 3 nitrogen and oxygen atoms in total. The van der Waals surface area contributed by atoms with Crippen molar-refractivity contribution in [3.8, 4) is 0 Å². The number of hydrogen-bond donors (Lipinski definition) is 1. The van der Waals surface area contributed by atoms with Crippen LogP contribution in [0.15, 0.2) is 4.99 Å². The van der Waals surface area contributed by atoms with Crippen molar-refractivity contribution in [1.82, 2.24) is 5.32 Å². The van der Waals surface area contributed by atoms with Crippen LogP contribution < -0.4 is 5.32 Å². The van der Waals surface area contributed by atoms with Gasteiger partial charge in [-0.2, -0.15) is 0 Å². The normalized spacial score (nSPS) is 25.9. The van der Waals surface area contributed by atoms with Gasteiger partial charge in [-0.25, -0.2) is 0 Å². The Balaban J connectivity index is 1.75. The number of amidine groups is 1. The first-order valence-corrected chi connectivity index (χ1v) is 5.63. The van der Waals surface area contributed by atoms with Crippen molar-refractivity contribution in [3.05, 3.63) is 0 Å². The van der Waals surface area contributed by atoms with Gasteiger partial charge in [0.05, 0.1) is 19.0 Å². The van der Waals surface area contributed by atoms with E-state index in [4.69, 9.17) is 4.74 Å². The summed E-state index contributed by atoms with van der Waals surface area (Å²) in [6.45, 7) is 6.09. The average Bonchev–Trinajstić information content (AvgIpc) is 2.40. The van der Waals surface area contributed by atoms with Crippen LogP contribution in [0.5, 0.6) is 0 Å². The number of nitrogens with zero attached hydrogens (tertiary/aromatic N) is 1. The van der Waals surface area contributed by atoms with Crippen molar-refractivity contribution in [2.24, 2.45) is 10.4 Å². The van der Waals surface area contributed by atoms with E-state index < -0.39 is 0 Å². The first-order chi connectivity index (χ1) is 6.79. The molecule has 3 heteroatoms. The summed E-state index contributed by atoms with van der Waals surface area (Å²) in [7, 11) is 0. The van der Waals surface area contributed by atoms with Gasteiger partial charge in [0.15, 0.2) is 0 Å². The fraction of sp³-hybridized carbons (Fsp3) is 0.909. The molecule has 0 amide bonds. The van der Waals surface area contributed by atoms with Crippen molar-refractivity contribution in [3.63, 3.8) is 0 Å². The molecule has 0 aliphatic carbocycles. The Morgan fingerprint density at radius 3 is 2.93 bits per heavy atom. The molecule has 80 valence electrons. The molecule has 0 unspecified atom stereocenters. The Morgan fingerprint density at radius 1 is 1.36 bits per heavy atom. The first-order valence-electron chi connectivity index (χ1n) is 5.63. The van der Waals surface area contributed by atoms with Gasteiger partial charge in [0.1, 0.15) is 0 Å². The lowest BCUT2D eigenvalue weighted by Crippen LogP contribution is -2.48. The van der Waals surface area contributed by atoms with Crippen LogP contribution >= 0.6 is 0 Å². The van der Waals surface area contributed by atoms with Gasteiger partial charge in [-0.05, 0) is 12.8 Å². The van der Waals surface area contributed by atoms with Crippen LogP contribution in [-0.2, 0) is 4.74 Å². The molecule has 1 saturated heterocycles. The lowest BCUT2D eigenvalue weighted by Gasteiger charge is -2.38. The zero-order chi connectivity index (χ0) is 9.86. The average molecular weight is 196 g/mol. The maximum absolute atomic E-state index is 5.22. The number of rotatable bonds is 2. The second-order valence-electron chi connectivity index (χ2n) is 4.80. The molecular weight excluding hydrogens is 176 g/mol. The highest BCUT2D eigenvalue weighted by molar-refractivity contribution is 5.82. The van der Waals surface area contributed by atoms with Crippen molar-refractivity contribution >= 4 is 5.84 Å². The summed E-state index contributed by atoms with van der Waals surface area (Å²) in [5.74, 6) is 1.22. The molecule has 2 aliphatic heterocycles. The monoisotopic (exact) mass is 196 g/mol. The van der Waals surface area contributed by atoms with E-state index in [0.717, 1.165) is 32.7 Å². The maximum Gasteiger partial charge on any atom is 0.0963 e. The minimum Gasteiger partial charge on any atom is -0.380 e. The van der Waals surface area contributed by atoms with Crippen LogP contribution in [0.4, 0.5) is 0 Å². The largest absolute Gasteiger partial charge is 0.380 e. The molecule has 1 fully saturated rings. The number of aliphatic imine (C=N–C) groups is 1. The Hall–Kier alpha value is -0.570. The highest BCUT2D eigenvalue weighted by Crippen LogP contribution is 2.25. The van der Waals surface area contributed by atoms with Crippen molar-refractivity contribution < 1.29 is 4.74 Å². The number of nitrogens with one attached hydrogen (secondary N) is 1. The Morgan fingerprint density at radius 2 is 2.21 bits per heavy atom. The molecule has 0 bridgehead atoms. The van der Waals surface area contributed by atoms with Crippen LogP contribution in [0.1, 0.15) is 32.6 Å². The fourth-order valence-electron chi connectivity index (χ4n) is 1.89. The van der Waals surface area contributed by atoms with Gasteiger partial charge >= 0.3 is 0 Å². The van der Waals surface area contributed by atoms with E-state index in [1.807, 2.05) is 0 Å². The van der Waals surface area contributed by atoms with E-state index in [0.29, 0.717) is 5.41 Å². The van der Waals surface area contributed by atoms with Crippen molar-refractivity contribution in [2.45, 2.75) is 32.6 Å². The molecule has 0 spiro atoms. The van der Waals surface area contributed by atoms with Gasteiger partial charge in [-0.1, -0.05) is 13.3 Å². The van der Waals surface area contributed by atoms with Crippen LogP contribution in [0, 0.1) is 5.41 Å². The molecule has 2 aliphatic rings. The molecular formula is C11H20N2O. The topological polar surface area (TPSA) is 33.6 Å². The Kier molecular flexibility index (Phi) is 3.06. The van der Waals surface area contributed by atoms with Crippen LogP contribution in [-0.4, -0.2) is 32.1 Å². The molecule has 0 atom stereocenters. The van der Waals surface area contributed by atoms with Gasteiger partial charge in [0, 0.05) is 24.9 Å². The fourth-order valence-corrected chi connectivity index (χ4v) is 1.89. The second kappa shape index (κ2) is 4.30. The summed E-state index contributed by atoms with van der Waals surface area (Å²) in [4.78, 5) is 4.55. The molecule has 1 N–H and O–H groups in total. The van der Waals surface area contributed by atoms with E-state index >= 15 is 0 Å². The van der Waals surface area contributed by atoms with E-state index in [9.17, 15) is 0 Å². The summed E-state index contributed by atoms with van der Waals surface area (Å²) in [6.07, 6.45) is 5.01. The molecule has 0 radical (unpaired) electrons. The third-order valence-electron chi connectivity index (χ3n) is 2.99. The molecule has 0 saturated carbocycles. The number of hydrogen-bond acceptors (Lipinski definition) is 3. The van der Waals surface area contributed by atoms with Gasteiger partial charge in [-0.15, -0.1) is 0 Å². The SMILES string of the molecule is CC1(CNC2=NCCCCC2)COC1. The molecule has 2 heterocycles. The zero-order valence-electron chi connectivity index (χ0n) is 9.01. The molecule has 14 heavy (non-hydrogen) atoms. The summed E-state index contributed by atoms with van der Waals surface area (Å²) >= 11 is 0. The Labute approximate surface area is 85.9 Å². The third-order valence-corrected chi connectivity index (χ3v) is 2.99. The Bertz CT molecular complexity index is 221. The van der Waals surface area contributed by atoms with Gasteiger partial charge in [0.25, 0.3) is 0 Å². The number of ether oxygens (including phenoxy) is 1. The van der Waals surface area contributed by atoms with Gasteiger partial charge in [-0.3, -0.25) is 4.99 Å². The second-order valence-corrected chi connectivity index (χ2v) is 4.80. The smallest absolute Gasteiger partial charge is 0.0963 e. The van der Waals surface area contributed by atoms with Crippen molar-refractivity contribution in [2.75, 3.05) is 26.3 Å². The molecule has 0 aromatic heterocycles. The summed E-state index contributed by atoms with van der Waals surface area (Å²) in [6, 6.07) is 0. The van der Waals surface area contributed by atoms with Crippen LogP contribution in [0.2, 0.25) is 0 Å². The van der Waals surface area contributed by atoms with E-state index in [-0.39, 0.29) is 0 Å². The van der Waals surface area contributed by atoms with Gasteiger partial charge in [0.2, 0.25) is 0 Å². The molecule has 0 aromatic carbocycles. The van der Waals surface area contributed by atoms with Crippen LogP contribution in [0.25, 0.3) is 0 Å². The van der Waals surface area contributed by atoms with Crippen molar-refractivity contribution in [1.29, 1.82) is 0 Å². The quantitative estimate of drug-likeness (QED) is 0.727. The highest BCUT2D eigenvalue weighted by Gasteiger charge is 2.33. The first kappa shape index (κ1) is 9.97. The predicted molar refractivity (Wildman–Crippen MR) is 57.7 cm³/mol. The molecule has 0 aromatic rings. The summed E-state index contributed by atoms with van der Waals surface area (Å²) < 4.78 is 5.22. The maximum atomic E-state index is 5.22. The van der Waals surface area contributed by atoms with Gasteiger partial charge < -0.3 is 10.1 Å². The minimum atomic E-state index is 0.356. The molecule has 2 rings (SSSR count). The van der Waals surface area contributed by atoms with E-state index in [1.165, 1.54) is 25.1 Å². The van der Waals surface area contributed by atoms with E-state index in [2.05, 4.69) is 17.2 Å². The lowest BCUT2D eigenvalue weighted by molar-refractivity contribution is -0.0970. The summed E-state index contributed by atoms with van der Waals surface area (Å²) in [5, 5.41) is 3.47.